The minimum absolute atomic E-state index is 0.270. The van der Waals surface area contributed by atoms with Crippen LogP contribution in [0.2, 0.25) is 0 Å². The van der Waals surface area contributed by atoms with Gasteiger partial charge in [-0.3, -0.25) is 0 Å². The predicted octanol–water partition coefficient (Wildman–Crippen LogP) is 3.42. The van der Waals surface area contributed by atoms with E-state index >= 15 is 0 Å². The highest BCUT2D eigenvalue weighted by molar-refractivity contribution is 9.10. The Morgan fingerprint density at radius 1 is 1.47 bits per heavy atom. The Hall–Kier alpha value is -1.09. The lowest BCUT2D eigenvalue weighted by Gasteiger charge is -2.03. The van der Waals surface area contributed by atoms with Gasteiger partial charge in [0.25, 0.3) is 0 Å². The summed E-state index contributed by atoms with van der Waals surface area (Å²) in [6, 6.07) is 7.76. The Kier molecular flexibility index (Phi) is 4.56. The van der Waals surface area contributed by atoms with E-state index in [1.807, 2.05) is 37.3 Å². The number of benzene rings is 1. The van der Waals surface area contributed by atoms with Gasteiger partial charge in [-0.15, -0.1) is 0 Å². The van der Waals surface area contributed by atoms with Crippen LogP contribution in [-0.2, 0) is 9.53 Å². The molecule has 0 amide bonds. The number of carbonyl (C=O) groups is 1. The Morgan fingerprint density at radius 2 is 2.13 bits per heavy atom. The largest absolute Gasteiger partial charge is 0.466 e. The highest BCUT2D eigenvalue weighted by atomic mass is 79.9. The molecule has 1 aromatic rings. The number of hydrogen-bond acceptors (Lipinski definition) is 2. The van der Waals surface area contributed by atoms with Crippen molar-refractivity contribution >= 4 is 28.0 Å². The van der Waals surface area contributed by atoms with Gasteiger partial charge in [-0.2, -0.15) is 0 Å². The molecular formula is C12H13BrO2. The van der Waals surface area contributed by atoms with Gasteiger partial charge in [-0.25, -0.2) is 4.79 Å². The molecule has 1 aromatic carbocycles. The van der Waals surface area contributed by atoms with Gasteiger partial charge in [0, 0.05) is 10.0 Å². The van der Waals surface area contributed by atoms with Crippen molar-refractivity contribution in [1.29, 1.82) is 0 Å². The van der Waals surface area contributed by atoms with E-state index < -0.39 is 0 Å². The van der Waals surface area contributed by atoms with E-state index in [-0.39, 0.29) is 5.97 Å². The fraction of sp³-hybridized carbons (Fsp3) is 0.250. The monoisotopic (exact) mass is 268 g/mol. The van der Waals surface area contributed by atoms with Crippen LogP contribution in [0, 0.1) is 0 Å². The van der Waals surface area contributed by atoms with Crippen molar-refractivity contribution in [2.45, 2.75) is 13.3 Å². The van der Waals surface area contributed by atoms with Crippen molar-refractivity contribution < 1.29 is 9.53 Å². The topological polar surface area (TPSA) is 26.3 Å². The van der Waals surface area contributed by atoms with Crippen molar-refractivity contribution in [2.75, 3.05) is 7.11 Å². The van der Waals surface area contributed by atoms with Crippen molar-refractivity contribution in [2.24, 2.45) is 0 Å². The minimum atomic E-state index is -0.270. The molecule has 0 aliphatic carbocycles. The van der Waals surface area contributed by atoms with Gasteiger partial charge in [-0.05, 0) is 24.1 Å². The molecule has 0 saturated heterocycles. The van der Waals surface area contributed by atoms with E-state index in [1.165, 1.54) is 7.11 Å². The molecule has 0 unspecified atom stereocenters. The van der Waals surface area contributed by atoms with Gasteiger partial charge in [-0.1, -0.05) is 41.1 Å². The van der Waals surface area contributed by atoms with Gasteiger partial charge < -0.3 is 4.74 Å². The van der Waals surface area contributed by atoms with Gasteiger partial charge in [0.2, 0.25) is 0 Å². The van der Waals surface area contributed by atoms with Gasteiger partial charge in [0.15, 0.2) is 0 Å². The first-order chi connectivity index (χ1) is 7.19. The van der Waals surface area contributed by atoms with E-state index in [4.69, 9.17) is 4.74 Å². The lowest BCUT2D eigenvalue weighted by molar-refractivity contribution is -0.136. The third kappa shape index (κ3) is 3.20. The van der Waals surface area contributed by atoms with Crippen LogP contribution in [0.1, 0.15) is 18.9 Å². The zero-order chi connectivity index (χ0) is 11.3. The fourth-order valence-electron chi connectivity index (χ4n) is 1.22. The molecule has 0 heterocycles. The number of halogens is 1. The molecule has 0 atom stereocenters. The van der Waals surface area contributed by atoms with Gasteiger partial charge >= 0.3 is 5.97 Å². The SMILES string of the molecule is CC/C(=C\c1ccccc1Br)C(=O)OC. The second kappa shape index (κ2) is 5.71. The van der Waals surface area contributed by atoms with Crippen LogP contribution in [0.3, 0.4) is 0 Å². The van der Waals surface area contributed by atoms with E-state index in [0.29, 0.717) is 12.0 Å². The maximum atomic E-state index is 11.4. The summed E-state index contributed by atoms with van der Waals surface area (Å²) >= 11 is 3.43. The second-order valence-corrected chi connectivity index (χ2v) is 3.89. The molecule has 0 saturated carbocycles. The van der Waals surface area contributed by atoms with Crippen molar-refractivity contribution in [3.63, 3.8) is 0 Å². The first-order valence-corrected chi connectivity index (χ1v) is 5.51. The average molecular weight is 269 g/mol. The summed E-state index contributed by atoms with van der Waals surface area (Å²) < 4.78 is 5.66. The lowest BCUT2D eigenvalue weighted by Crippen LogP contribution is -2.03. The first kappa shape index (κ1) is 12.0. The first-order valence-electron chi connectivity index (χ1n) is 4.72. The maximum absolute atomic E-state index is 11.4. The van der Waals surface area contributed by atoms with E-state index in [1.54, 1.807) is 0 Å². The Morgan fingerprint density at radius 3 is 2.67 bits per heavy atom. The molecule has 2 nitrogen and oxygen atoms in total. The smallest absolute Gasteiger partial charge is 0.333 e. The molecule has 1 rings (SSSR count). The number of methoxy groups -OCH3 is 1. The molecule has 0 spiro atoms. The third-order valence-electron chi connectivity index (χ3n) is 2.06. The summed E-state index contributed by atoms with van der Waals surface area (Å²) in [6.07, 6.45) is 2.50. The molecule has 0 aliphatic heterocycles. The quantitative estimate of drug-likeness (QED) is 0.620. The van der Waals surface area contributed by atoms with Crippen LogP contribution in [-0.4, -0.2) is 13.1 Å². The summed E-state index contributed by atoms with van der Waals surface area (Å²) in [6.45, 7) is 1.93. The summed E-state index contributed by atoms with van der Waals surface area (Å²) in [4.78, 5) is 11.4. The van der Waals surface area contributed by atoms with Crippen molar-refractivity contribution in [1.82, 2.24) is 0 Å². The normalized spacial score (nSPS) is 11.3. The van der Waals surface area contributed by atoms with E-state index in [9.17, 15) is 4.79 Å². The number of hydrogen-bond donors (Lipinski definition) is 0. The average Bonchev–Trinajstić information content (AvgIpc) is 2.27. The summed E-state index contributed by atoms with van der Waals surface area (Å²) in [5, 5.41) is 0. The molecule has 0 N–H and O–H groups in total. The highest BCUT2D eigenvalue weighted by Crippen LogP contribution is 2.20. The van der Waals surface area contributed by atoms with Crippen molar-refractivity contribution in [3.05, 3.63) is 39.9 Å². The van der Waals surface area contributed by atoms with Crippen molar-refractivity contribution in [3.8, 4) is 0 Å². The predicted molar refractivity (Wildman–Crippen MR) is 64.4 cm³/mol. The number of carbonyl (C=O) groups excluding carboxylic acids is 1. The molecule has 3 heteroatoms. The molecule has 0 radical (unpaired) electrons. The zero-order valence-electron chi connectivity index (χ0n) is 8.79. The fourth-order valence-corrected chi connectivity index (χ4v) is 1.62. The maximum Gasteiger partial charge on any atom is 0.333 e. The Balaban J connectivity index is 3.03. The third-order valence-corrected chi connectivity index (χ3v) is 2.79. The zero-order valence-corrected chi connectivity index (χ0v) is 10.4. The van der Waals surface area contributed by atoms with E-state index in [2.05, 4.69) is 15.9 Å². The Labute approximate surface area is 98.1 Å². The van der Waals surface area contributed by atoms with Crippen LogP contribution < -0.4 is 0 Å². The van der Waals surface area contributed by atoms with Crippen LogP contribution >= 0.6 is 15.9 Å². The van der Waals surface area contributed by atoms with Gasteiger partial charge in [0.1, 0.15) is 0 Å². The minimum Gasteiger partial charge on any atom is -0.466 e. The summed E-state index contributed by atoms with van der Waals surface area (Å²) in [7, 11) is 1.39. The van der Waals surface area contributed by atoms with Crippen LogP contribution in [0.25, 0.3) is 6.08 Å². The van der Waals surface area contributed by atoms with Crippen LogP contribution in [0.5, 0.6) is 0 Å². The lowest BCUT2D eigenvalue weighted by atomic mass is 10.1. The molecule has 15 heavy (non-hydrogen) atoms. The Bertz CT molecular complexity index is 383. The molecule has 0 fully saturated rings. The highest BCUT2D eigenvalue weighted by Gasteiger charge is 2.07. The molecular weight excluding hydrogens is 256 g/mol. The summed E-state index contributed by atoms with van der Waals surface area (Å²) in [5.41, 5.74) is 1.66. The number of ether oxygens (including phenoxy) is 1. The number of rotatable bonds is 3. The van der Waals surface area contributed by atoms with E-state index in [0.717, 1.165) is 10.0 Å². The van der Waals surface area contributed by atoms with Crippen LogP contribution in [0.4, 0.5) is 0 Å². The van der Waals surface area contributed by atoms with Gasteiger partial charge in [0.05, 0.1) is 7.11 Å². The molecule has 0 aromatic heterocycles. The molecule has 0 aliphatic rings. The molecule has 80 valence electrons. The summed E-state index contributed by atoms with van der Waals surface area (Å²) in [5.74, 6) is -0.270. The molecule has 0 bridgehead atoms. The number of esters is 1. The standard InChI is InChI=1S/C12H13BrO2/c1-3-9(12(14)15-2)8-10-6-4-5-7-11(10)13/h4-8H,3H2,1-2H3/b9-8+. The van der Waals surface area contributed by atoms with Crippen LogP contribution in [0.15, 0.2) is 34.3 Å². The second-order valence-electron chi connectivity index (χ2n) is 3.04.